The van der Waals surface area contributed by atoms with Crippen molar-refractivity contribution in [1.82, 2.24) is 14.1 Å². The van der Waals surface area contributed by atoms with E-state index in [-0.39, 0.29) is 10.8 Å². The lowest BCUT2D eigenvalue weighted by Gasteiger charge is -2.13. The van der Waals surface area contributed by atoms with E-state index in [1.807, 2.05) is 12.1 Å². The minimum atomic E-state index is -3.56. The van der Waals surface area contributed by atoms with Gasteiger partial charge < -0.3 is 14.8 Å². The highest BCUT2D eigenvalue weighted by Crippen LogP contribution is 2.26. The van der Waals surface area contributed by atoms with Crippen molar-refractivity contribution in [2.45, 2.75) is 11.4 Å². The second kappa shape index (κ2) is 9.19. The van der Waals surface area contributed by atoms with Gasteiger partial charge in [-0.15, -0.1) is 0 Å². The van der Waals surface area contributed by atoms with Gasteiger partial charge >= 0.3 is 0 Å². The highest BCUT2D eigenvalue weighted by atomic mass is 32.2. The molecule has 3 rings (SSSR count). The topological polar surface area (TPSA) is 103 Å². The Bertz CT molecular complexity index is 1170. The number of nitrogens with zero attached hydrogens (tertiary/aromatic N) is 3. The maximum atomic E-state index is 12.7. The highest BCUT2D eigenvalue weighted by Gasteiger charge is 2.18. The summed E-state index contributed by atoms with van der Waals surface area (Å²) in [6.45, 7) is 0.371. The molecule has 0 fully saturated rings. The predicted molar refractivity (Wildman–Crippen MR) is 116 cm³/mol. The zero-order valence-electron chi connectivity index (χ0n) is 17.7. The van der Waals surface area contributed by atoms with Crippen molar-refractivity contribution in [3.05, 3.63) is 65.9 Å². The minimum absolute atomic E-state index is 0.116. The first kappa shape index (κ1) is 22.3. The first-order valence-corrected chi connectivity index (χ1v) is 10.8. The normalized spacial score (nSPS) is 11.4. The molecule has 2 aromatic carbocycles. The number of hydrogen-bond acceptors (Lipinski definition) is 6. The third-order valence-corrected chi connectivity index (χ3v) is 6.50. The van der Waals surface area contributed by atoms with Gasteiger partial charge in [0.2, 0.25) is 10.0 Å². The average molecular weight is 445 g/mol. The first-order chi connectivity index (χ1) is 14.8. The van der Waals surface area contributed by atoms with Gasteiger partial charge in [-0.3, -0.25) is 4.79 Å². The fraction of sp³-hybridized carbons (Fsp3) is 0.238. The molecule has 0 saturated carbocycles. The van der Waals surface area contributed by atoms with E-state index >= 15 is 0 Å². The summed E-state index contributed by atoms with van der Waals surface area (Å²) in [7, 11) is 2.51. The van der Waals surface area contributed by atoms with E-state index in [1.165, 1.54) is 38.4 Å². The van der Waals surface area contributed by atoms with Gasteiger partial charge in [-0.05, 0) is 36.4 Å². The standard InChI is InChI=1S/C21H24N4O5S/c1-24(2)31(27,28)18-9-6-15(7-10-18)21(26)23-20-11-12-22-25(20)14-16-5-8-17(29-3)13-19(16)30-4/h5-13H,14H2,1-4H3,(H,23,26). The molecular weight excluding hydrogens is 420 g/mol. The monoisotopic (exact) mass is 444 g/mol. The van der Waals surface area contributed by atoms with E-state index < -0.39 is 10.0 Å². The molecule has 0 bridgehead atoms. The number of amides is 1. The number of sulfonamides is 1. The number of carbonyl (C=O) groups is 1. The van der Waals surface area contributed by atoms with Crippen LogP contribution in [0.3, 0.4) is 0 Å². The lowest BCUT2D eigenvalue weighted by molar-refractivity contribution is 0.102. The molecule has 0 aliphatic heterocycles. The Morgan fingerprint density at radius 3 is 2.39 bits per heavy atom. The van der Waals surface area contributed by atoms with Crippen LogP contribution >= 0.6 is 0 Å². The molecule has 10 heteroatoms. The van der Waals surface area contributed by atoms with E-state index in [9.17, 15) is 13.2 Å². The number of rotatable bonds is 8. The van der Waals surface area contributed by atoms with Crippen molar-refractivity contribution in [1.29, 1.82) is 0 Å². The van der Waals surface area contributed by atoms with Crippen LogP contribution in [0.5, 0.6) is 11.5 Å². The molecule has 3 aromatic rings. The number of benzene rings is 2. The van der Waals surface area contributed by atoms with Gasteiger partial charge in [-0.1, -0.05) is 0 Å². The summed E-state index contributed by atoms with van der Waals surface area (Å²) >= 11 is 0. The molecule has 0 unspecified atom stereocenters. The van der Waals surface area contributed by atoms with Crippen LogP contribution < -0.4 is 14.8 Å². The van der Waals surface area contributed by atoms with Crippen LogP contribution in [-0.2, 0) is 16.6 Å². The Hall–Kier alpha value is -3.37. The van der Waals surface area contributed by atoms with Crippen LogP contribution in [0, 0.1) is 0 Å². The van der Waals surface area contributed by atoms with Gasteiger partial charge in [-0.25, -0.2) is 17.4 Å². The Morgan fingerprint density at radius 1 is 1.06 bits per heavy atom. The van der Waals surface area contributed by atoms with Gasteiger partial charge in [0.05, 0.1) is 31.9 Å². The van der Waals surface area contributed by atoms with Crippen molar-refractivity contribution in [2.24, 2.45) is 0 Å². The molecule has 31 heavy (non-hydrogen) atoms. The molecule has 0 spiro atoms. The summed E-state index contributed by atoms with van der Waals surface area (Å²) in [5.74, 6) is 1.43. The second-order valence-corrected chi connectivity index (χ2v) is 8.97. The molecule has 0 radical (unpaired) electrons. The summed E-state index contributed by atoms with van der Waals surface area (Å²) in [4.78, 5) is 12.8. The molecule has 9 nitrogen and oxygen atoms in total. The molecule has 0 atom stereocenters. The summed E-state index contributed by atoms with van der Waals surface area (Å²) in [5.41, 5.74) is 1.19. The first-order valence-electron chi connectivity index (χ1n) is 9.33. The molecule has 1 aromatic heterocycles. The lowest BCUT2D eigenvalue weighted by atomic mass is 10.2. The van der Waals surface area contributed by atoms with Crippen molar-refractivity contribution in [3.63, 3.8) is 0 Å². The van der Waals surface area contributed by atoms with Crippen LogP contribution in [0.2, 0.25) is 0 Å². The maximum absolute atomic E-state index is 12.7. The fourth-order valence-corrected chi connectivity index (χ4v) is 3.79. The number of ether oxygens (including phenoxy) is 2. The van der Waals surface area contributed by atoms with Gasteiger partial charge in [0.25, 0.3) is 5.91 Å². The van der Waals surface area contributed by atoms with Crippen LogP contribution in [-0.4, -0.2) is 56.7 Å². The van der Waals surface area contributed by atoms with Gasteiger partial charge in [0.1, 0.15) is 17.3 Å². The van der Waals surface area contributed by atoms with Gasteiger partial charge in [-0.2, -0.15) is 5.10 Å². The third-order valence-electron chi connectivity index (χ3n) is 4.67. The Kier molecular flexibility index (Phi) is 6.62. The zero-order chi connectivity index (χ0) is 22.6. The number of aromatic nitrogens is 2. The Morgan fingerprint density at radius 2 is 1.77 bits per heavy atom. The number of anilines is 1. The summed E-state index contributed by atoms with van der Waals surface area (Å²) in [6.07, 6.45) is 1.58. The second-order valence-electron chi connectivity index (χ2n) is 6.82. The van der Waals surface area contributed by atoms with Gasteiger partial charge in [0.15, 0.2) is 0 Å². The largest absolute Gasteiger partial charge is 0.497 e. The van der Waals surface area contributed by atoms with Crippen LogP contribution in [0.25, 0.3) is 0 Å². The third kappa shape index (κ3) is 4.86. The summed E-state index contributed by atoms with van der Waals surface area (Å²) in [6, 6.07) is 12.9. The Labute approximate surface area is 181 Å². The zero-order valence-corrected chi connectivity index (χ0v) is 18.5. The SMILES string of the molecule is COc1ccc(Cn2nccc2NC(=O)c2ccc(S(=O)(=O)N(C)C)cc2)c(OC)c1. The van der Waals surface area contributed by atoms with Crippen LogP contribution in [0.15, 0.2) is 59.6 Å². The van der Waals surface area contributed by atoms with E-state index in [1.54, 1.807) is 37.2 Å². The van der Waals surface area contributed by atoms with E-state index in [2.05, 4.69) is 10.4 Å². The molecule has 1 heterocycles. The molecule has 164 valence electrons. The lowest BCUT2D eigenvalue weighted by Crippen LogP contribution is -2.22. The summed E-state index contributed by atoms with van der Waals surface area (Å²) < 4.78 is 37.7. The van der Waals surface area contributed by atoms with Crippen molar-refractivity contribution < 1.29 is 22.7 Å². The molecule has 0 aliphatic rings. The molecular formula is C21H24N4O5S. The van der Waals surface area contributed by atoms with Crippen molar-refractivity contribution in [2.75, 3.05) is 33.6 Å². The maximum Gasteiger partial charge on any atom is 0.256 e. The van der Waals surface area contributed by atoms with E-state index in [4.69, 9.17) is 9.47 Å². The number of hydrogen-bond donors (Lipinski definition) is 1. The van der Waals surface area contributed by atoms with E-state index in [0.29, 0.717) is 29.4 Å². The number of methoxy groups -OCH3 is 2. The van der Waals surface area contributed by atoms with Crippen LogP contribution in [0.1, 0.15) is 15.9 Å². The smallest absolute Gasteiger partial charge is 0.256 e. The minimum Gasteiger partial charge on any atom is -0.497 e. The van der Waals surface area contributed by atoms with Crippen molar-refractivity contribution >= 4 is 21.7 Å². The Balaban J connectivity index is 1.77. The van der Waals surface area contributed by atoms with E-state index in [0.717, 1.165) is 9.87 Å². The van der Waals surface area contributed by atoms with Crippen LogP contribution in [0.4, 0.5) is 5.82 Å². The highest BCUT2D eigenvalue weighted by molar-refractivity contribution is 7.89. The molecule has 1 amide bonds. The average Bonchev–Trinajstić information content (AvgIpc) is 3.20. The number of nitrogens with one attached hydrogen (secondary N) is 1. The molecule has 1 N–H and O–H groups in total. The quantitative estimate of drug-likeness (QED) is 0.573. The van der Waals surface area contributed by atoms with Crippen molar-refractivity contribution in [3.8, 4) is 11.5 Å². The number of carbonyl (C=O) groups excluding carboxylic acids is 1. The molecule has 0 saturated heterocycles. The summed E-state index contributed by atoms with van der Waals surface area (Å²) in [5, 5.41) is 7.08. The van der Waals surface area contributed by atoms with Gasteiger partial charge in [0, 0.05) is 37.4 Å². The fourth-order valence-electron chi connectivity index (χ4n) is 2.89. The molecule has 0 aliphatic carbocycles. The predicted octanol–water partition coefficient (Wildman–Crippen LogP) is 2.45.